The summed E-state index contributed by atoms with van der Waals surface area (Å²) in [5.41, 5.74) is 0. The lowest BCUT2D eigenvalue weighted by Gasteiger charge is -2.29. The minimum Gasteiger partial charge on any atom is -0.341 e. The maximum atomic E-state index is 12.2. The molecular weight excluding hydrogens is 224 g/mol. The molecule has 1 saturated heterocycles. The van der Waals surface area contributed by atoms with Crippen LogP contribution >= 0.6 is 0 Å². The zero-order valence-electron chi connectivity index (χ0n) is 12.0. The first-order valence-electron chi connectivity index (χ1n) is 7.73. The number of likely N-dealkylation sites (tertiary alicyclic amines) is 1. The number of hydrogen-bond donors (Lipinski definition) is 1. The lowest BCUT2D eigenvalue weighted by molar-refractivity contribution is -0.130. The third kappa shape index (κ3) is 3.47. The first-order chi connectivity index (χ1) is 8.70. The molecule has 0 aromatic rings. The molecule has 0 aromatic carbocycles. The van der Waals surface area contributed by atoms with Crippen LogP contribution in [-0.2, 0) is 4.79 Å². The first-order valence-corrected chi connectivity index (χ1v) is 7.73. The SMILES string of the molecule is CCCNC1CCN(CC2CCC(C)CC2)C1=O. The Morgan fingerprint density at radius 2 is 1.94 bits per heavy atom. The summed E-state index contributed by atoms with van der Waals surface area (Å²) in [5, 5.41) is 3.36. The molecule has 1 aliphatic heterocycles. The van der Waals surface area contributed by atoms with E-state index >= 15 is 0 Å². The van der Waals surface area contributed by atoms with Crippen LogP contribution in [0.25, 0.3) is 0 Å². The van der Waals surface area contributed by atoms with Crippen molar-refractivity contribution in [2.24, 2.45) is 11.8 Å². The van der Waals surface area contributed by atoms with Crippen LogP contribution in [0.5, 0.6) is 0 Å². The number of carbonyl (C=O) groups excluding carboxylic acids is 1. The van der Waals surface area contributed by atoms with Crippen molar-refractivity contribution < 1.29 is 4.79 Å². The molecule has 1 amide bonds. The maximum absolute atomic E-state index is 12.2. The van der Waals surface area contributed by atoms with Crippen LogP contribution in [0.3, 0.4) is 0 Å². The number of nitrogens with one attached hydrogen (secondary N) is 1. The second-order valence-corrected chi connectivity index (χ2v) is 6.21. The van der Waals surface area contributed by atoms with Crippen LogP contribution in [0, 0.1) is 11.8 Å². The van der Waals surface area contributed by atoms with E-state index in [1.54, 1.807) is 0 Å². The molecule has 1 atom stereocenters. The van der Waals surface area contributed by atoms with Gasteiger partial charge in [0.25, 0.3) is 0 Å². The van der Waals surface area contributed by atoms with E-state index in [-0.39, 0.29) is 6.04 Å². The Kier molecular flexibility index (Phi) is 5.04. The predicted molar refractivity (Wildman–Crippen MR) is 74.4 cm³/mol. The Labute approximate surface area is 111 Å². The molecule has 3 heteroatoms. The number of rotatable bonds is 5. The molecule has 1 heterocycles. The smallest absolute Gasteiger partial charge is 0.239 e. The van der Waals surface area contributed by atoms with Crippen LogP contribution < -0.4 is 5.32 Å². The van der Waals surface area contributed by atoms with E-state index in [1.165, 1.54) is 25.7 Å². The Morgan fingerprint density at radius 3 is 2.61 bits per heavy atom. The van der Waals surface area contributed by atoms with Gasteiger partial charge in [-0.25, -0.2) is 0 Å². The van der Waals surface area contributed by atoms with Gasteiger partial charge in [0.05, 0.1) is 6.04 Å². The lowest BCUT2D eigenvalue weighted by Crippen LogP contribution is -2.40. The summed E-state index contributed by atoms with van der Waals surface area (Å²) in [7, 11) is 0. The van der Waals surface area contributed by atoms with Gasteiger partial charge in [-0.05, 0) is 44.1 Å². The average molecular weight is 252 g/mol. The van der Waals surface area contributed by atoms with E-state index in [4.69, 9.17) is 0 Å². The fourth-order valence-electron chi connectivity index (χ4n) is 3.25. The van der Waals surface area contributed by atoms with Crippen LogP contribution in [0.15, 0.2) is 0 Å². The zero-order valence-corrected chi connectivity index (χ0v) is 12.0. The monoisotopic (exact) mass is 252 g/mol. The highest BCUT2D eigenvalue weighted by Crippen LogP contribution is 2.29. The van der Waals surface area contributed by atoms with Crippen molar-refractivity contribution in [3.63, 3.8) is 0 Å². The lowest BCUT2D eigenvalue weighted by atomic mass is 9.83. The van der Waals surface area contributed by atoms with Gasteiger partial charge in [0.15, 0.2) is 0 Å². The number of amides is 1. The molecule has 2 aliphatic rings. The van der Waals surface area contributed by atoms with E-state index in [9.17, 15) is 4.79 Å². The highest BCUT2D eigenvalue weighted by Gasteiger charge is 2.32. The number of nitrogens with zero attached hydrogens (tertiary/aromatic N) is 1. The molecule has 1 saturated carbocycles. The second-order valence-electron chi connectivity index (χ2n) is 6.21. The maximum Gasteiger partial charge on any atom is 0.239 e. The third-order valence-electron chi connectivity index (χ3n) is 4.55. The zero-order chi connectivity index (χ0) is 13.0. The summed E-state index contributed by atoms with van der Waals surface area (Å²) in [6.45, 7) is 7.43. The van der Waals surface area contributed by atoms with Gasteiger partial charge < -0.3 is 10.2 Å². The summed E-state index contributed by atoms with van der Waals surface area (Å²) in [5.74, 6) is 2.01. The number of hydrogen-bond acceptors (Lipinski definition) is 2. The molecule has 1 aliphatic carbocycles. The Hall–Kier alpha value is -0.570. The third-order valence-corrected chi connectivity index (χ3v) is 4.55. The van der Waals surface area contributed by atoms with Crippen molar-refractivity contribution >= 4 is 5.91 Å². The fraction of sp³-hybridized carbons (Fsp3) is 0.933. The van der Waals surface area contributed by atoms with Crippen molar-refractivity contribution in [1.82, 2.24) is 10.2 Å². The molecule has 18 heavy (non-hydrogen) atoms. The Balaban J connectivity index is 1.75. The summed E-state index contributed by atoms with van der Waals surface area (Å²) < 4.78 is 0. The van der Waals surface area contributed by atoms with E-state index in [2.05, 4.69) is 24.1 Å². The fourth-order valence-corrected chi connectivity index (χ4v) is 3.25. The van der Waals surface area contributed by atoms with Crippen LogP contribution in [0.1, 0.15) is 52.4 Å². The average Bonchev–Trinajstić information content (AvgIpc) is 2.71. The van der Waals surface area contributed by atoms with Crippen molar-refractivity contribution in [3.8, 4) is 0 Å². The summed E-state index contributed by atoms with van der Waals surface area (Å²) in [6.07, 6.45) is 7.44. The van der Waals surface area contributed by atoms with Gasteiger partial charge in [-0.3, -0.25) is 4.79 Å². The molecule has 0 bridgehead atoms. The molecular formula is C15H28N2O. The van der Waals surface area contributed by atoms with Gasteiger partial charge in [0.2, 0.25) is 5.91 Å². The van der Waals surface area contributed by atoms with Crippen molar-refractivity contribution in [2.75, 3.05) is 19.6 Å². The molecule has 3 nitrogen and oxygen atoms in total. The molecule has 0 spiro atoms. The minimum atomic E-state index is 0.104. The van der Waals surface area contributed by atoms with Gasteiger partial charge >= 0.3 is 0 Å². The van der Waals surface area contributed by atoms with E-state index in [1.807, 2.05) is 0 Å². The topological polar surface area (TPSA) is 32.3 Å². The van der Waals surface area contributed by atoms with Crippen LogP contribution in [0.4, 0.5) is 0 Å². The molecule has 2 rings (SSSR count). The first kappa shape index (κ1) is 13.9. The highest BCUT2D eigenvalue weighted by molar-refractivity contribution is 5.83. The van der Waals surface area contributed by atoms with E-state index in [0.717, 1.165) is 44.3 Å². The largest absolute Gasteiger partial charge is 0.341 e. The standard InChI is InChI=1S/C15H28N2O/c1-3-9-16-14-8-10-17(15(14)18)11-13-6-4-12(2)5-7-13/h12-14,16H,3-11H2,1-2H3. The van der Waals surface area contributed by atoms with Gasteiger partial charge in [0.1, 0.15) is 0 Å². The van der Waals surface area contributed by atoms with Gasteiger partial charge in [-0.15, -0.1) is 0 Å². The molecule has 1 N–H and O–H groups in total. The van der Waals surface area contributed by atoms with E-state index < -0.39 is 0 Å². The predicted octanol–water partition coefficient (Wildman–Crippen LogP) is 2.41. The molecule has 2 fully saturated rings. The molecule has 0 aromatic heterocycles. The van der Waals surface area contributed by atoms with Crippen molar-refractivity contribution in [3.05, 3.63) is 0 Å². The quantitative estimate of drug-likeness (QED) is 0.815. The normalized spacial score (nSPS) is 33.1. The van der Waals surface area contributed by atoms with Crippen LogP contribution in [-0.4, -0.2) is 36.5 Å². The molecule has 104 valence electrons. The van der Waals surface area contributed by atoms with E-state index in [0.29, 0.717) is 5.91 Å². The summed E-state index contributed by atoms with van der Waals surface area (Å²) in [4.78, 5) is 14.3. The minimum absolute atomic E-state index is 0.104. The second kappa shape index (κ2) is 6.55. The van der Waals surface area contributed by atoms with Crippen molar-refractivity contribution in [2.45, 2.75) is 58.4 Å². The molecule has 0 radical (unpaired) electrons. The summed E-state index contributed by atoms with van der Waals surface area (Å²) >= 11 is 0. The van der Waals surface area contributed by atoms with Crippen molar-refractivity contribution in [1.29, 1.82) is 0 Å². The van der Waals surface area contributed by atoms with Gasteiger partial charge in [-0.1, -0.05) is 26.7 Å². The number of carbonyl (C=O) groups is 1. The van der Waals surface area contributed by atoms with Gasteiger partial charge in [0, 0.05) is 13.1 Å². The van der Waals surface area contributed by atoms with Gasteiger partial charge in [-0.2, -0.15) is 0 Å². The van der Waals surface area contributed by atoms with Crippen LogP contribution in [0.2, 0.25) is 0 Å². The Morgan fingerprint density at radius 1 is 1.22 bits per heavy atom. The summed E-state index contributed by atoms with van der Waals surface area (Å²) in [6, 6.07) is 0.104. The Bertz CT molecular complexity index is 272. The molecule has 1 unspecified atom stereocenters. The highest BCUT2D eigenvalue weighted by atomic mass is 16.2.